The highest BCUT2D eigenvalue weighted by Crippen LogP contribution is 2.21. The second-order valence-electron chi connectivity index (χ2n) is 3.16. The van der Waals surface area contributed by atoms with Crippen molar-refractivity contribution in [1.29, 1.82) is 0 Å². The lowest BCUT2D eigenvalue weighted by molar-refractivity contribution is 0.614. The monoisotopic (exact) mass is 239 g/mol. The minimum atomic E-state index is -0.530. The summed E-state index contributed by atoms with van der Waals surface area (Å²) in [5.41, 5.74) is 5.38. The van der Waals surface area contributed by atoms with Gasteiger partial charge in [0.25, 0.3) is 0 Å². The maximum absolute atomic E-state index is 13.3. The fourth-order valence-corrected chi connectivity index (χ4v) is 1.84. The zero-order valence-corrected chi connectivity index (χ0v) is 9.33. The Morgan fingerprint density at radius 1 is 1.50 bits per heavy atom. The van der Waals surface area contributed by atoms with E-state index >= 15 is 0 Å². The van der Waals surface area contributed by atoms with Crippen LogP contribution in [-0.2, 0) is 0 Å². The SMILES string of the molecule is CC(Nc1nc(N)ncc1F)c1nccs1. The predicted octanol–water partition coefficient (Wildman–Crippen LogP) is 1.83. The molecule has 1 atom stereocenters. The number of aromatic nitrogens is 3. The highest BCUT2D eigenvalue weighted by Gasteiger charge is 2.12. The quantitative estimate of drug-likeness (QED) is 0.854. The van der Waals surface area contributed by atoms with Crippen LogP contribution in [0.2, 0.25) is 0 Å². The first kappa shape index (κ1) is 10.7. The highest BCUT2D eigenvalue weighted by atomic mass is 32.1. The number of nitrogens with one attached hydrogen (secondary N) is 1. The second-order valence-corrected chi connectivity index (χ2v) is 4.09. The molecule has 0 spiro atoms. The van der Waals surface area contributed by atoms with Crippen molar-refractivity contribution in [3.8, 4) is 0 Å². The number of rotatable bonds is 3. The van der Waals surface area contributed by atoms with Crippen LogP contribution in [0.5, 0.6) is 0 Å². The summed E-state index contributed by atoms with van der Waals surface area (Å²) in [6.07, 6.45) is 2.74. The third-order valence-electron chi connectivity index (χ3n) is 1.94. The molecule has 0 saturated heterocycles. The lowest BCUT2D eigenvalue weighted by atomic mass is 10.3. The number of hydrogen-bond acceptors (Lipinski definition) is 6. The molecule has 0 bridgehead atoms. The van der Waals surface area contributed by atoms with E-state index in [1.807, 2.05) is 12.3 Å². The number of hydrogen-bond donors (Lipinski definition) is 2. The molecule has 3 N–H and O–H groups in total. The summed E-state index contributed by atoms with van der Waals surface area (Å²) >= 11 is 1.49. The molecule has 0 aliphatic rings. The van der Waals surface area contributed by atoms with Gasteiger partial charge < -0.3 is 11.1 Å². The van der Waals surface area contributed by atoms with E-state index in [0.717, 1.165) is 11.2 Å². The maximum Gasteiger partial charge on any atom is 0.222 e. The molecule has 0 aliphatic heterocycles. The van der Waals surface area contributed by atoms with Crippen molar-refractivity contribution in [2.45, 2.75) is 13.0 Å². The van der Waals surface area contributed by atoms with Gasteiger partial charge in [0, 0.05) is 11.6 Å². The Hall–Kier alpha value is -1.76. The molecule has 0 radical (unpaired) electrons. The number of nitrogen functional groups attached to an aromatic ring is 1. The third-order valence-corrected chi connectivity index (χ3v) is 2.90. The molecule has 1 unspecified atom stereocenters. The smallest absolute Gasteiger partial charge is 0.222 e. The fraction of sp³-hybridized carbons (Fsp3) is 0.222. The third kappa shape index (κ3) is 2.25. The van der Waals surface area contributed by atoms with Crippen molar-refractivity contribution in [2.75, 3.05) is 11.1 Å². The minimum absolute atomic E-state index is 0.0373. The van der Waals surface area contributed by atoms with Gasteiger partial charge in [-0.15, -0.1) is 11.3 Å². The van der Waals surface area contributed by atoms with E-state index in [-0.39, 0.29) is 17.8 Å². The highest BCUT2D eigenvalue weighted by molar-refractivity contribution is 7.09. The van der Waals surface area contributed by atoms with Crippen LogP contribution in [0.1, 0.15) is 18.0 Å². The van der Waals surface area contributed by atoms with Crippen LogP contribution in [0.3, 0.4) is 0 Å². The molecule has 7 heteroatoms. The standard InChI is InChI=1S/C9H10FN5S/c1-5(8-12-2-3-16-8)14-7-6(10)4-13-9(11)15-7/h2-5H,1H3,(H3,11,13,14,15). The number of halogens is 1. The summed E-state index contributed by atoms with van der Waals surface area (Å²) < 4.78 is 13.3. The summed E-state index contributed by atoms with van der Waals surface area (Å²) in [6, 6.07) is -0.121. The summed E-state index contributed by atoms with van der Waals surface area (Å²) in [6.45, 7) is 1.87. The van der Waals surface area contributed by atoms with Crippen LogP contribution in [0.4, 0.5) is 16.2 Å². The molecule has 0 aliphatic carbocycles. The first-order valence-electron chi connectivity index (χ1n) is 4.61. The first-order valence-corrected chi connectivity index (χ1v) is 5.48. The van der Waals surface area contributed by atoms with E-state index in [1.54, 1.807) is 6.20 Å². The van der Waals surface area contributed by atoms with Gasteiger partial charge in [-0.05, 0) is 6.92 Å². The average molecular weight is 239 g/mol. The molecule has 16 heavy (non-hydrogen) atoms. The summed E-state index contributed by atoms with van der Waals surface area (Å²) in [4.78, 5) is 11.5. The lowest BCUT2D eigenvalue weighted by Gasteiger charge is -2.12. The average Bonchev–Trinajstić information content (AvgIpc) is 2.76. The molecular weight excluding hydrogens is 229 g/mol. The van der Waals surface area contributed by atoms with E-state index in [1.165, 1.54) is 11.3 Å². The van der Waals surface area contributed by atoms with Crippen LogP contribution in [-0.4, -0.2) is 15.0 Å². The molecule has 2 aromatic rings. The van der Waals surface area contributed by atoms with Crippen LogP contribution in [0, 0.1) is 5.82 Å². The molecule has 0 aromatic carbocycles. The molecule has 0 fully saturated rings. The Morgan fingerprint density at radius 2 is 2.31 bits per heavy atom. The van der Waals surface area contributed by atoms with Crippen molar-refractivity contribution in [1.82, 2.24) is 15.0 Å². The number of thiazole rings is 1. The normalized spacial score (nSPS) is 12.4. The van der Waals surface area contributed by atoms with Gasteiger partial charge in [-0.2, -0.15) is 4.98 Å². The van der Waals surface area contributed by atoms with Gasteiger partial charge in [0.1, 0.15) is 5.01 Å². The van der Waals surface area contributed by atoms with Crippen LogP contribution in [0.15, 0.2) is 17.8 Å². The molecule has 0 amide bonds. The molecule has 0 saturated carbocycles. The molecule has 2 heterocycles. The van der Waals surface area contributed by atoms with E-state index in [0.29, 0.717) is 0 Å². The second kappa shape index (κ2) is 4.40. The van der Waals surface area contributed by atoms with Gasteiger partial charge in [0.15, 0.2) is 11.6 Å². The zero-order valence-electron chi connectivity index (χ0n) is 8.51. The van der Waals surface area contributed by atoms with Crippen molar-refractivity contribution < 1.29 is 4.39 Å². The van der Waals surface area contributed by atoms with E-state index < -0.39 is 5.82 Å². The predicted molar refractivity (Wildman–Crippen MR) is 60.6 cm³/mol. The van der Waals surface area contributed by atoms with E-state index in [9.17, 15) is 4.39 Å². The lowest BCUT2D eigenvalue weighted by Crippen LogP contribution is -2.10. The number of nitrogens with two attached hydrogens (primary N) is 1. The molecule has 2 aromatic heterocycles. The Balaban J connectivity index is 2.17. The summed E-state index contributed by atoms with van der Waals surface area (Å²) in [5, 5.41) is 5.61. The molecule has 84 valence electrons. The topological polar surface area (TPSA) is 76.7 Å². The number of nitrogens with zero attached hydrogens (tertiary/aromatic N) is 3. The van der Waals surface area contributed by atoms with E-state index in [4.69, 9.17) is 5.73 Å². The summed E-state index contributed by atoms with van der Waals surface area (Å²) in [7, 11) is 0. The molecule has 5 nitrogen and oxygen atoms in total. The van der Waals surface area contributed by atoms with Gasteiger partial charge in [0.2, 0.25) is 5.95 Å². The largest absolute Gasteiger partial charge is 0.368 e. The van der Waals surface area contributed by atoms with E-state index in [2.05, 4.69) is 20.3 Å². The molecular formula is C9H10FN5S. The Bertz CT molecular complexity index is 473. The van der Waals surface area contributed by atoms with Gasteiger partial charge >= 0.3 is 0 Å². The van der Waals surface area contributed by atoms with Crippen molar-refractivity contribution in [3.05, 3.63) is 28.6 Å². The minimum Gasteiger partial charge on any atom is -0.368 e. The van der Waals surface area contributed by atoms with Gasteiger partial charge in [-0.1, -0.05) is 0 Å². The van der Waals surface area contributed by atoms with Crippen molar-refractivity contribution >= 4 is 23.1 Å². The zero-order chi connectivity index (χ0) is 11.5. The Labute approximate surface area is 95.6 Å². The summed E-state index contributed by atoms with van der Waals surface area (Å²) in [5.74, 6) is -0.400. The van der Waals surface area contributed by atoms with Crippen LogP contribution >= 0.6 is 11.3 Å². The first-order chi connectivity index (χ1) is 7.66. The van der Waals surface area contributed by atoms with Crippen LogP contribution in [0.25, 0.3) is 0 Å². The van der Waals surface area contributed by atoms with Gasteiger partial charge in [-0.25, -0.2) is 14.4 Å². The maximum atomic E-state index is 13.3. The van der Waals surface area contributed by atoms with Gasteiger partial charge in [0.05, 0.1) is 12.2 Å². The fourth-order valence-electron chi connectivity index (χ4n) is 1.20. The molecule has 2 rings (SSSR count). The van der Waals surface area contributed by atoms with Gasteiger partial charge in [-0.3, -0.25) is 0 Å². The number of anilines is 2. The Morgan fingerprint density at radius 3 is 3.00 bits per heavy atom. The Kier molecular flexibility index (Phi) is 2.95. The van der Waals surface area contributed by atoms with Crippen molar-refractivity contribution in [2.24, 2.45) is 0 Å². The van der Waals surface area contributed by atoms with Crippen molar-refractivity contribution in [3.63, 3.8) is 0 Å². The van der Waals surface area contributed by atoms with Crippen LogP contribution < -0.4 is 11.1 Å².